The van der Waals surface area contributed by atoms with Crippen molar-refractivity contribution in [2.45, 2.75) is 39.3 Å². The van der Waals surface area contributed by atoms with Gasteiger partial charge >= 0.3 is 12.1 Å². The first-order valence-corrected chi connectivity index (χ1v) is 9.17. The summed E-state index contributed by atoms with van der Waals surface area (Å²) in [6.07, 6.45) is -0.530. The lowest BCUT2D eigenvalue weighted by Crippen LogP contribution is -2.35. The number of aromatic nitrogens is 1. The molecule has 0 aliphatic carbocycles. The molecule has 8 heteroatoms. The summed E-state index contributed by atoms with van der Waals surface area (Å²) in [6, 6.07) is 6.75. The Morgan fingerprint density at radius 3 is 2.78 bits per heavy atom. The molecule has 27 heavy (non-hydrogen) atoms. The molecule has 1 atom stereocenters. The molecule has 144 valence electrons. The maximum Gasteiger partial charge on any atom is 0.408 e. The summed E-state index contributed by atoms with van der Waals surface area (Å²) in [5.41, 5.74) is 0.728. The molecule has 1 aliphatic heterocycles. The summed E-state index contributed by atoms with van der Waals surface area (Å²) >= 11 is 6.29. The van der Waals surface area contributed by atoms with E-state index in [1.54, 1.807) is 31.7 Å². The molecule has 1 saturated heterocycles. The number of pyridine rings is 1. The van der Waals surface area contributed by atoms with Crippen LogP contribution in [0.5, 0.6) is 0 Å². The third-order valence-electron chi connectivity index (χ3n) is 4.12. The summed E-state index contributed by atoms with van der Waals surface area (Å²) in [5.74, 6) is 0.481. The lowest BCUT2D eigenvalue weighted by Gasteiger charge is -2.25. The van der Waals surface area contributed by atoms with Gasteiger partial charge in [0, 0.05) is 24.0 Å². The van der Waals surface area contributed by atoms with Crippen molar-refractivity contribution in [3.8, 4) is 0 Å². The number of anilines is 1. The van der Waals surface area contributed by atoms with Gasteiger partial charge in [-0.05, 0) is 39.8 Å². The number of alkyl carbamates (subject to hydrolysis) is 1. The minimum Gasteiger partial charge on any atom is -0.444 e. The van der Waals surface area contributed by atoms with Crippen LogP contribution in [0.15, 0.2) is 24.3 Å². The second kappa shape index (κ2) is 7.23. The highest BCUT2D eigenvalue weighted by atomic mass is 35.5. The van der Waals surface area contributed by atoms with Crippen LogP contribution in [0.4, 0.5) is 15.4 Å². The van der Waals surface area contributed by atoms with E-state index in [2.05, 4.69) is 15.6 Å². The molecular weight excluding hydrogens is 368 g/mol. The summed E-state index contributed by atoms with van der Waals surface area (Å²) in [6.45, 7) is 8.27. The number of benzene rings is 1. The Hall–Kier alpha value is -2.54. The van der Waals surface area contributed by atoms with Crippen LogP contribution in [-0.4, -0.2) is 35.8 Å². The molecule has 3 rings (SSSR count). The van der Waals surface area contributed by atoms with Crippen molar-refractivity contribution in [2.75, 3.05) is 18.0 Å². The second-order valence-corrected chi connectivity index (χ2v) is 7.87. The molecule has 1 fully saturated rings. The number of para-hydroxylation sites is 1. The van der Waals surface area contributed by atoms with Crippen LogP contribution in [0.1, 0.15) is 39.3 Å². The smallest absolute Gasteiger partial charge is 0.408 e. The van der Waals surface area contributed by atoms with Crippen molar-refractivity contribution in [3.63, 3.8) is 0 Å². The Morgan fingerprint density at radius 1 is 1.41 bits per heavy atom. The van der Waals surface area contributed by atoms with E-state index in [0.717, 1.165) is 5.39 Å². The summed E-state index contributed by atoms with van der Waals surface area (Å²) in [4.78, 5) is 30.6. The highest BCUT2D eigenvalue weighted by Crippen LogP contribution is 2.32. The fourth-order valence-corrected chi connectivity index (χ4v) is 3.16. The van der Waals surface area contributed by atoms with E-state index < -0.39 is 17.7 Å². The predicted octanol–water partition coefficient (Wildman–Crippen LogP) is 4.00. The van der Waals surface area contributed by atoms with Crippen molar-refractivity contribution in [1.29, 1.82) is 0 Å². The fourth-order valence-electron chi connectivity index (χ4n) is 2.94. The van der Waals surface area contributed by atoms with Gasteiger partial charge < -0.3 is 15.4 Å². The third kappa shape index (κ3) is 4.24. The van der Waals surface area contributed by atoms with Crippen molar-refractivity contribution in [2.24, 2.45) is 0 Å². The molecule has 0 spiro atoms. The quantitative estimate of drug-likeness (QED) is 0.829. The maximum absolute atomic E-state index is 12.2. The first kappa shape index (κ1) is 19.2. The Morgan fingerprint density at radius 2 is 2.15 bits per heavy atom. The number of nitrogens with one attached hydrogen (secondary N) is 2. The number of carbonyl (C=O) groups is 2. The molecule has 1 aromatic heterocycles. The van der Waals surface area contributed by atoms with E-state index in [4.69, 9.17) is 16.3 Å². The standard InChI is InChI=1S/C19H23ClN4O3/c1-11(22-18(26)27-19(2,3)4)13-10-12-6-5-7-14(20)15(12)23-16(13)24-9-8-21-17(24)25/h5-7,10-11H,8-9H2,1-4H3,(H,21,25)(H,22,26)/t11-/m0/s1. The van der Waals surface area contributed by atoms with Gasteiger partial charge in [-0.1, -0.05) is 23.7 Å². The van der Waals surface area contributed by atoms with Crippen molar-refractivity contribution in [1.82, 2.24) is 15.6 Å². The van der Waals surface area contributed by atoms with Crippen LogP contribution in [0.2, 0.25) is 5.02 Å². The first-order valence-electron chi connectivity index (χ1n) is 8.80. The van der Waals surface area contributed by atoms with Crippen molar-refractivity contribution in [3.05, 3.63) is 34.9 Å². The predicted molar refractivity (Wildman–Crippen MR) is 105 cm³/mol. The molecule has 1 aliphatic rings. The molecular formula is C19H23ClN4O3. The molecule has 2 N–H and O–H groups in total. The molecule has 3 amide bonds. The second-order valence-electron chi connectivity index (χ2n) is 7.46. The minimum atomic E-state index is -0.601. The number of rotatable bonds is 3. The molecule has 0 radical (unpaired) electrons. The molecule has 2 heterocycles. The molecule has 0 unspecified atom stereocenters. The topological polar surface area (TPSA) is 83.6 Å². The normalized spacial score (nSPS) is 15.6. The Kier molecular flexibility index (Phi) is 5.15. The van der Waals surface area contributed by atoms with Crippen LogP contribution < -0.4 is 15.5 Å². The number of carbonyl (C=O) groups excluding carboxylic acids is 2. The molecule has 0 saturated carbocycles. The zero-order valence-corrected chi connectivity index (χ0v) is 16.6. The summed E-state index contributed by atoms with van der Waals surface area (Å²) in [5, 5.41) is 6.93. The van der Waals surface area contributed by atoms with E-state index in [-0.39, 0.29) is 6.03 Å². The molecule has 0 bridgehead atoms. The number of amides is 3. The monoisotopic (exact) mass is 390 g/mol. The van der Waals surface area contributed by atoms with Gasteiger partial charge in [-0.3, -0.25) is 4.90 Å². The van der Waals surface area contributed by atoms with E-state index in [1.165, 1.54) is 0 Å². The van der Waals surface area contributed by atoms with Crippen LogP contribution >= 0.6 is 11.6 Å². The fraction of sp³-hybridized carbons (Fsp3) is 0.421. The minimum absolute atomic E-state index is 0.223. The number of fused-ring (bicyclic) bond motifs is 1. The average Bonchev–Trinajstić information content (AvgIpc) is 2.98. The number of ether oxygens (including phenoxy) is 1. The van der Waals surface area contributed by atoms with Gasteiger partial charge in [-0.2, -0.15) is 0 Å². The molecule has 2 aromatic rings. The third-order valence-corrected chi connectivity index (χ3v) is 4.42. The first-order chi connectivity index (χ1) is 12.7. The summed E-state index contributed by atoms with van der Waals surface area (Å²) < 4.78 is 5.34. The number of urea groups is 1. The largest absolute Gasteiger partial charge is 0.444 e. The van der Waals surface area contributed by atoms with Gasteiger partial charge in [0.25, 0.3) is 0 Å². The lowest BCUT2D eigenvalue weighted by atomic mass is 10.1. The maximum atomic E-state index is 12.2. The Balaban J connectivity index is 2.01. The van der Waals surface area contributed by atoms with E-state index in [0.29, 0.717) is 35.0 Å². The van der Waals surface area contributed by atoms with Crippen molar-refractivity contribution < 1.29 is 14.3 Å². The number of hydrogen-bond donors (Lipinski definition) is 2. The van der Waals surface area contributed by atoms with Crippen LogP contribution in [0.25, 0.3) is 10.9 Å². The number of nitrogens with zero attached hydrogens (tertiary/aromatic N) is 2. The van der Waals surface area contributed by atoms with Gasteiger partial charge in [0.15, 0.2) is 0 Å². The summed E-state index contributed by atoms with van der Waals surface area (Å²) in [7, 11) is 0. The average molecular weight is 391 g/mol. The zero-order valence-electron chi connectivity index (χ0n) is 15.8. The van der Waals surface area contributed by atoms with Crippen LogP contribution in [0.3, 0.4) is 0 Å². The zero-order chi connectivity index (χ0) is 19.8. The van der Waals surface area contributed by atoms with Gasteiger partial charge in [0.2, 0.25) is 0 Å². The van der Waals surface area contributed by atoms with E-state index >= 15 is 0 Å². The van der Waals surface area contributed by atoms with Gasteiger partial charge in [-0.25, -0.2) is 14.6 Å². The SMILES string of the molecule is C[C@H](NC(=O)OC(C)(C)C)c1cc2cccc(Cl)c2nc1N1CCNC1=O. The van der Waals surface area contributed by atoms with E-state index in [1.807, 2.05) is 25.1 Å². The number of hydrogen-bond acceptors (Lipinski definition) is 4. The van der Waals surface area contributed by atoms with Crippen LogP contribution in [-0.2, 0) is 4.74 Å². The van der Waals surface area contributed by atoms with E-state index in [9.17, 15) is 9.59 Å². The number of halogens is 1. The van der Waals surface area contributed by atoms with Crippen LogP contribution in [0, 0.1) is 0 Å². The van der Waals surface area contributed by atoms with Gasteiger partial charge in [0.05, 0.1) is 16.6 Å². The Bertz CT molecular complexity index is 894. The van der Waals surface area contributed by atoms with Gasteiger partial charge in [0.1, 0.15) is 11.4 Å². The lowest BCUT2D eigenvalue weighted by molar-refractivity contribution is 0.0508. The molecule has 7 nitrogen and oxygen atoms in total. The van der Waals surface area contributed by atoms with Crippen molar-refractivity contribution >= 4 is 40.4 Å². The van der Waals surface area contributed by atoms with Gasteiger partial charge in [-0.15, -0.1) is 0 Å². The highest BCUT2D eigenvalue weighted by Gasteiger charge is 2.28. The Labute approximate surface area is 163 Å². The highest BCUT2D eigenvalue weighted by molar-refractivity contribution is 6.35. The molecule has 1 aromatic carbocycles.